The van der Waals surface area contributed by atoms with Gasteiger partial charge in [0.15, 0.2) is 21.2 Å². The second-order valence-corrected chi connectivity index (χ2v) is 12.0. The van der Waals surface area contributed by atoms with Crippen molar-refractivity contribution in [3.05, 3.63) is 53.9 Å². The molecule has 0 fully saturated rings. The minimum atomic E-state index is -3.78. The van der Waals surface area contributed by atoms with Crippen molar-refractivity contribution < 1.29 is 35.2 Å². The molecule has 12 heteroatoms. The van der Waals surface area contributed by atoms with Gasteiger partial charge in [-0.3, -0.25) is 4.79 Å². The number of benzene rings is 2. The fourth-order valence-corrected chi connectivity index (χ4v) is 5.62. The van der Waals surface area contributed by atoms with E-state index in [9.17, 15) is 26.0 Å². The Balaban J connectivity index is 1.55. The van der Waals surface area contributed by atoms with Gasteiger partial charge in [0.25, 0.3) is 0 Å². The normalized spacial score (nSPS) is 15.2. The maximum Gasteiger partial charge on any atom is 0.322 e. The van der Waals surface area contributed by atoms with E-state index in [0.717, 1.165) is 23.5 Å². The molecule has 9 nitrogen and oxygen atoms in total. The first kappa shape index (κ1) is 25.0. The van der Waals surface area contributed by atoms with E-state index < -0.39 is 37.4 Å². The van der Waals surface area contributed by atoms with E-state index in [0.29, 0.717) is 17.5 Å². The standard InChI is InChI=1S/C23H23FN2O7S2/c1-3-32-22(27)14-35(30,31)26-10-8-15(9-11-26)16-4-7-21-20(12-16)25-23(33-21)18-6-5-17(13-19(18)24)34(2,28)29/h4-8,12-13H,3,9-11,14H2,1-2H3. The van der Waals surface area contributed by atoms with E-state index in [4.69, 9.17) is 9.15 Å². The van der Waals surface area contributed by atoms with E-state index in [1.165, 1.54) is 16.4 Å². The van der Waals surface area contributed by atoms with E-state index in [-0.39, 0.29) is 36.0 Å². The van der Waals surface area contributed by atoms with E-state index in [2.05, 4.69) is 4.98 Å². The Bertz CT molecular complexity index is 1540. The van der Waals surface area contributed by atoms with Crippen molar-refractivity contribution in [2.75, 3.05) is 31.7 Å². The number of sulfonamides is 1. The van der Waals surface area contributed by atoms with Gasteiger partial charge < -0.3 is 9.15 Å². The highest BCUT2D eigenvalue weighted by atomic mass is 32.2. The molecule has 2 aromatic carbocycles. The molecule has 0 atom stereocenters. The van der Waals surface area contributed by atoms with Crippen LogP contribution in [-0.2, 0) is 29.4 Å². The summed E-state index contributed by atoms with van der Waals surface area (Å²) < 4.78 is 74.4. The minimum absolute atomic E-state index is 0.0172. The molecule has 2 heterocycles. The van der Waals surface area contributed by atoms with Gasteiger partial charge in [-0.25, -0.2) is 26.2 Å². The van der Waals surface area contributed by atoms with Gasteiger partial charge in [0, 0.05) is 19.3 Å². The molecular formula is C23H23FN2O7S2. The Morgan fingerprint density at radius 2 is 1.94 bits per heavy atom. The average molecular weight is 523 g/mol. The molecule has 186 valence electrons. The van der Waals surface area contributed by atoms with Crippen LogP contribution < -0.4 is 0 Å². The van der Waals surface area contributed by atoms with Crippen LogP contribution >= 0.6 is 0 Å². The fraction of sp³-hybridized carbons (Fsp3) is 0.304. The molecule has 1 aliphatic rings. The molecule has 35 heavy (non-hydrogen) atoms. The van der Waals surface area contributed by atoms with Crippen molar-refractivity contribution in [3.63, 3.8) is 0 Å². The van der Waals surface area contributed by atoms with Crippen molar-refractivity contribution in [2.45, 2.75) is 18.2 Å². The molecule has 0 aliphatic carbocycles. The predicted octanol–water partition coefficient (Wildman–Crippen LogP) is 3.02. The van der Waals surface area contributed by atoms with Gasteiger partial charge in [-0.2, -0.15) is 4.31 Å². The van der Waals surface area contributed by atoms with Crippen LogP contribution in [0.4, 0.5) is 4.39 Å². The first-order valence-corrected chi connectivity index (χ1v) is 14.2. The summed E-state index contributed by atoms with van der Waals surface area (Å²) in [4.78, 5) is 15.8. The van der Waals surface area contributed by atoms with Crippen molar-refractivity contribution in [3.8, 4) is 11.5 Å². The lowest BCUT2D eigenvalue weighted by Crippen LogP contribution is -2.38. The molecule has 0 amide bonds. The predicted molar refractivity (Wildman–Crippen MR) is 127 cm³/mol. The van der Waals surface area contributed by atoms with Crippen molar-refractivity contribution in [1.29, 1.82) is 0 Å². The van der Waals surface area contributed by atoms with Gasteiger partial charge in [0.2, 0.25) is 15.9 Å². The highest BCUT2D eigenvalue weighted by Crippen LogP contribution is 2.31. The third-order valence-electron chi connectivity index (χ3n) is 5.53. The minimum Gasteiger partial charge on any atom is -0.465 e. The zero-order valence-corrected chi connectivity index (χ0v) is 20.7. The summed E-state index contributed by atoms with van der Waals surface area (Å²) in [6, 6.07) is 8.79. The van der Waals surface area contributed by atoms with Gasteiger partial charge in [0.1, 0.15) is 11.3 Å². The van der Waals surface area contributed by atoms with E-state index >= 15 is 0 Å². The average Bonchev–Trinajstić information content (AvgIpc) is 3.21. The number of fused-ring (bicyclic) bond motifs is 1. The molecule has 0 N–H and O–H groups in total. The molecule has 0 saturated heterocycles. The Hall–Kier alpha value is -3.09. The molecule has 0 spiro atoms. The van der Waals surface area contributed by atoms with Crippen LogP contribution in [0.5, 0.6) is 0 Å². The smallest absolute Gasteiger partial charge is 0.322 e. The Labute approximate surface area is 202 Å². The monoisotopic (exact) mass is 522 g/mol. The number of esters is 1. The second-order valence-electron chi connectivity index (χ2n) is 8.01. The highest BCUT2D eigenvalue weighted by Gasteiger charge is 2.28. The van der Waals surface area contributed by atoms with Crippen LogP contribution in [0.1, 0.15) is 18.9 Å². The van der Waals surface area contributed by atoms with Crippen LogP contribution in [0.25, 0.3) is 28.1 Å². The second kappa shape index (κ2) is 9.51. The summed E-state index contributed by atoms with van der Waals surface area (Å²) in [5.41, 5.74) is 2.65. The van der Waals surface area contributed by atoms with Crippen molar-refractivity contribution in [2.24, 2.45) is 0 Å². The lowest BCUT2D eigenvalue weighted by Gasteiger charge is -2.25. The third-order valence-corrected chi connectivity index (χ3v) is 8.36. The summed E-state index contributed by atoms with van der Waals surface area (Å²) in [7, 11) is -7.33. The van der Waals surface area contributed by atoms with Crippen LogP contribution in [0, 0.1) is 5.82 Å². The molecule has 3 aromatic rings. The molecule has 0 unspecified atom stereocenters. The summed E-state index contributed by atoms with van der Waals surface area (Å²) in [6.07, 6.45) is 3.20. The Morgan fingerprint density at radius 3 is 2.57 bits per heavy atom. The number of nitrogens with zero attached hydrogens (tertiary/aromatic N) is 2. The molecule has 0 saturated carbocycles. The van der Waals surface area contributed by atoms with Gasteiger partial charge in [0.05, 0.1) is 17.1 Å². The lowest BCUT2D eigenvalue weighted by molar-refractivity contribution is -0.140. The molecule has 0 bridgehead atoms. The van der Waals surface area contributed by atoms with Crippen LogP contribution in [0.3, 0.4) is 0 Å². The van der Waals surface area contributed by atoms with Crippen molar-refractivity contribution in [1.82, 2.24) is 9.29 Å². The number of hydrogen-bond acceptors (Lipinski definition) is 8. The SMILES string of the molecule is CCOC(=O)CS(=O)(=O)N1CC=C(c2ccc3oc(-c4ccc(S(C)(=O)=O)cc4F)nc3c2)CC1. The summed E-state index contributed by atoms with van der Waals surface area (Å²) in [6.45, 7) is 2.06. The van der Waals surface area contributed by atoms with Gasteiger partial charge in [-0.15, -0.1) is 0 Å². The number of ether oxygens (including phenoxy) is 1. The molecule has 1 aliphatic heterocycles. The lowest BCUT2D eigenvalue weighted by atomic mass is 10.00. The third kappa shape index (κ3) is 5.44. The van der Waals surface area contributed by atoms with Gasteiger partial charge in [-0.1, -0.05) is 12.1 Å². The molecule has 0 radical (unpaired) electrons. The highest BCUT2D eigenvalue weighted by molar-refractivity contribution is 7.90. The topological polar surface area (TPSA) is 124 Å². The fourth-order valence-electron chi connectivity index (χ4n) is 3.75. The number of rotatable bonds is 7. The largest absolute Gasteiger partial charge is 0.465 e. The number of aromatic nitrogens is 1. The summed E-state index contributed by atoms with van der Waals surface area (Å²) in [5, 5.41) is 0. The number of carbonyl (C=O) groups excluding carboxylic acids is 1. The number of sulfone groups is 1. The maximum atomic E-state index is 14.6. The number of carbonyl (C=O) groups is 1. The number of halogens is 1. The Kier molecular flexibility index (Phi) is 6.80. The Morgan fingerprint density at radius 1 is 1.17 bits per heavy atom. The van der Waals surface area contributed by atoms with Crippen molar-refractivity contribution >= 4 is 42.5 Å². The first-order chi connectivity index (χ1) is 16.5. The van der Waals surface area contributed by atoms with Crippen LogP contribution in [-0.4, -0.2) is 63.8 Å². The van der Waals surface area contributed by atoms with Crippen LogP contribution in [0.15, 0.2) is 51.8 Å². The number of hydrogen-bond donors (Lipinski definition) is 0. The summed E-state index contributed by atoms with van der Waals surface area (Å²) >= 11 is 0. The molecular weight excluding hydrogens is 499 g/mol. The van der Waals surface area contributed by atoms with Crippen LogP contribution in [0.2, 0.25) is 0 Å². The molecule has 4 rings (SSSR count). The summed E-state index contributed by atoms with van der Waals surface area (Å²) in [5.74, 6) is -2.22. The van der Waals surface area contributed by atoms with Gasteiger partial charge >= 0.3 is 5.97 Å². The first-order valence-electron chi connectivity index (χ1n) is 10.7. The number of oxazole rings is 1. The molecule has 1 aromatic heterocycles. The zero-order valence-electron chi connectivity index (χ0n) is 19.0. The quantitative estimate of drug-likeness (QED) is 0.434. The van der Waals surface area contributed by atoms with E-state index in [1.54, 1.807) is 31.2 Å². The van der Waals surface area contributed by atoms with Gasteiger partial charge in [-0.05, 0) is 54.8 Å². The maximum absolute atomic E-state index is 14.6. The zero-order chi connectivity index (χ0) is 25.4. The van der Waals surface area contributed by atoms with E-state index in [1.807, 2.05) is 0 Å².